The van der Waals surface area contributed by atoms with Gasteiger partial charge in [0, 0.05) is 24.2 Å². The number of anilines is 1. The van der Waals surface area contributed by atoms with Crippen LogP contribution < -0.4 is 15.2 Å². The number of ketones is 1. The summed E-state index contributed by atoms with van der Waals surface area (Å²) < 4.78 is 6.57. The zero-order valence-electron chi connectivity index (χ0n) is 17.3. The molecule has 7 nitrogen and oxygen atoms in total. The summed E-state index contributed by atoms with van der Waals surface area (Å²) in [7, 11) is 1.64. The third kappa shape index (κ3) is 3.54. The fourth-order valence-electron chi connectivity index (χ4n) is 3.74. The molecule has 0 unspecified atom stereocenters. The molecule has 1 aliphatic rings. The normalized spacial score (nSPS) is 13.0. The Hall–Kier alpha value is -4.26. The van der Waals surface area contributed by atoms with Crippen LogP contribution in [0.5, 0.6) is 5.75 Å². The minimum atomic E-state index is -0.364. The third-order valence-corrected chi connectivity index (χ3v) is 5.57. The van der Waals surface area contributed by atoms with Crippen LogP contribution in [-0.4, -0.2) is 35.1 Å². The van der Waals surface area contributed by atoms with Crippen LogP contribution in [-0.2, 0) is 11.3 Å². The Morgan fingerprint density at radius 1 is 0.969 bits per heavy atom. The summed E-state index contributed by atoms with van der Waals surface area (Å²) in [5, 5.41) is 6.60. The summed E-state index contributed by atoms with van der Waals surface area (Å²) in [6.45, 7) is -0.241. The zero-order valence-corrected chi connectivity index (χ0v) is 17.3. The van der Waals surface area contributed by atoms with E-state index in [0.717, 1.165) is 21.0 Å². The van der Waals surface area contributed by atoms with Crippen LogP contribution in [0.1, 0.15) is 10.4 Å². The topological polar surface area (TPSA) is 81.5 Å². The van der Waals surface area contributed by atoms with E-state index in [0.29, 0.717) is 22.7 Å². The van der Waals surface area contributed by atoms with Crippen molar-refractivity contribution in [3.8, 4) is 17.0 Å². The highest BCUT2D eigenvalue weighted by atomic mass is 16.5. The van der Waals surface area contributed by atoms with Crippen molar-refractivity contribution < 1.29 is 14.3 Å². The van der Waals surface area contributed by atoms with Gasteiger partial charge in [0.25, 0.3) is 11.5 Å². The van der Waals surface area contributed by atoms with Crippen LogP contribution in [0.3, 0.4) is 0 Å². The molecule has 2 heterocycles. The van der Waals surface area contributed by atoms with Crippen LogP contribution in [0.15, 0.2) is 77.6 Å². The van der Waals surface area contributed by atoms with Crippen molar-refractivity contribution in [2.45, 2.75) is 6.54 Å². The van der Waals surface area contributed by atoms with Crippen LogP contribution in [0.25, 0.3) is 22.0 Å². The number of fused-ring (bicyclic) bond motifs is 2. The first-order valence-corrected chi connectivity index (χ1v) is 10.1. The standard InChI is InChI=1S/C25H19N3O4/c1-27-21-13-19(8-10-23(21)32-15-25(27)31)22(29)14-28-24(30)11-9-20(26-28)18-7-6-16-4-2-3-5-17(16)12-18/h2-13H,14-15H2,1H3. The second-order valence-electron chi connectivity index (χ2n) is 7.62. The average Bonchev–Trinajstić information content (AvgIpc) is 2.82. The number of aromatic nitrogens is 2. The van der Waals surface area contributed by atoms with Gasteiger partial charge in [0.1, 0.15) is 12.3 Å². The number of hydrogen-bond donors (Lipinski definition) is 0. The predicted molar refractivity (Wildman–Crippen MR) is 121 cm³/mol. The summed E-state index contributed by atoms with van der Waals surface area (Å²) >= 11 is 0. The van der Waals surface area contributed by atoms with Crippen LogP contribution in [0.2, 0.25) is 0 Å². The summed E-state index contributed by atoms with van der Waals surface area (Å²) in [5.41, 5.74) is 2.00. The van der Waals surface area contributed by atoms with Gasteiger partial charge >= 0.3 is 0 Å². The molecule has 7 heteroatoms. The first kappa shape index (κ1) is 19.7. The lowest BCUT2D eigenvalue weighted by atomic mass is 10.1. The number of Topliss-reactive ketones (excluding diaryl/α,β-unsaturated/α-hetero) is 1. The number of nitrogens with zero attached hydrogens (tertiary/aromatic N) is 3. The minimum Gasteiger partial charge on any atom is -0.482 e. The molecule has 0 saturated heterocycles. The molecule has 0 aliphatic carbocycles. The van der Waals surface area contributed by atoms with E-state index in [1.807, 2.05) is 42.5 Å². The highest BCUT2D eigenvalue weighted by molar-refractivity contribution is 6.01. The van der Waals surface area contributed by atoms with Gasteiger partial charge in [-0.05, 0) is 41.1 Å². The van der Waals surface area contributed by atoms with E-state index in [2.05, 4.69) is 5.10 Å². The number of amides is 1. The third-order valence-electron chi connectivity index (χ3n) is 5.57. The molecule has 158 valence electrons. The molecule has 0 fully saturated rings. The largest absolute Gasteiger partial charge is 0.482 e. The van der Waals surface area contributed by atoms with E-state index >= 15 is 0 Å². The molecule has 4 aromatic rings. The lowest BCUT2D eigenvalue weighted by molar-refractivity contribution is -0.120. The van der Waals surface area contributed by atoms with Gasteiger partial charge in [-0.15, -0.1) is 0 Å². The molecule has 0 spiro atoms. The number of carbonyl (C=O) groups is 2. The van der Waals surface area contributed by atoms with E-state index in [1.165, 1.54) is 11.0 Å². The van der Waals surface area contributed by atoms with Crippen LogP contribution in [0, 0.1) is 0 Å². The lowest BCUT2D eigenvalue weighted by Crippen LogP contribution is -2.35. The molecule has 0 N–H and O–H groups in total. The molecule has 0 saturated carbocycles. The summed E-state index contributed by atoms with van der Waals surface area (Å²) in [4.78, 5) is 38.7. The monoisotopic (exact) mass is 425 g/mol. The van der Waals surface area contributed by atoms with Crippen molar-refractivity contribution in [1.82, 2.24) is 9.78 Å². The SMILES string of the molecule is CN1C(=O)COc2ccc(C(=O)Cn3nc(-c4ccc5ccccc5c4)ccc3=O)cc21. The van der Waals surface area contributed by atoms with Gasteiger partial charge in [0.05, 0.1) is 11.4 Å². The number of ether oxygens (including phenoxy) is 1. The molecule has 3 aromatic carbocycles. The summed E-state index contributed by atoms with van der Waals surface area (Å²) in [6, 6.07) is 21.9. The Morgan fingerprint density at radius 2 is 1.78 bits per heavy atom. The molecule has 5 rings (SSSR count). The Morgan fingerprint density at radius 3 is 2.62 bits per heavy atom. The van der Waals surface area contributed by atoms with Gasteiger partial charge in [0.2, 0.25) is 0 Å². The van der Waals surface area contributed by atoms with Crippen molar-refractivity contribution in [2.75, 3.05) is 18.6 Å². The summed E-state index contributed by atoms with van der Waals surface area (Å²) in [5.74, 6) is 0.0600. The predicted octanol–water partition coefficient (Wildman–Crippen LogP) is 3.30. The van der Waals surface area contributed by atoms with Gasteiger partial charge in [-0.1, -0.05) is 36.4 Å². The highest BCUT2D eigenvalue weighted by Gasteiger charge is 2.23. The molecule has 1 aliphatic heterocycles. The van der Waals surface area contributed by atoms with Gasteiger partial charge < -0.3 is 9.64 Å². The summed E-state index contributed by atoms with van der Waals surface area (Å²) in [6.07, 6.45) is 0. The molecular weight excluding hydrogens is 406 g/mol. The maximum atomic E-state index is 12.9. The Balaban J connectivity index is 1.45. The fraction of sp³-hybridized carbons (Fsp3) is 0.120. The first-order valence-electron chi connectivity index (χ1n) is 10.1. The van der Waals surface area contributed by atoms with Crippen LogP contribution >= 0.6 is 0 Å². The quantitative estimate of drug-likeness (QED) is 0.469. The van der Waals surface area contributed by atoms with Crippen LogP contribution in [0.4, 0.5) is 5.69 Å². The van der Waals surface area contributed by atoms with Crippen molar-refractivity contribution >= 4 is 28.2 Å². The first-order chi connectivity index (χ1) is 15.5. The van der Waals surface area contributed by atoms with Gasteiger partial charge in [-0.2, -0.15) is 5.10 Å². The zero-order chi connectivity index (χ0) is 22.2. The molecule has 0 atom stereocenters. The van der Waals surface area contributed by atoms with Crippen molar-refractivity contribution in [2.24, 2.45) is 0 Å². The second kappa shape index (κ2) is 7.77. The molecular formula is C25H19N3O4. The smallest absolute Gasteiger partial charge is 0.267 e. The molecule has 0 bridgehead atoms. The Kier molecular flexibility index (Phi) is 4.78. The van der Waals surface area contributed by atoms with E-state index in [4.69, 9.17) is 4.74 Å². The van der Waals surface area contributed by atoms with Gasteiger partial charge in [-0.3, -0.25) is 14.4 Å². The van der Waals surface area contributed by atoms with Crippen molar-refractivity contribution in [3.63, 3.8) is 0 Å². The van der Waals surface area contributed by atoms with E-state index in [9.17, 15) is 14.4 Å². The highest BCUT2D eigenvalue weighted by Crippen LogP contribution is 2.32. The van der Waals surface area contributed by atoms with E-state index in [1.54, 1.807) is 31.3 Å². The maximum Gasteiger partial charge on any atom is 0.267 e. The van der Waals surface area contributed by atoms with Crippen molar-refractivity contribution in [3.05, 3.63) is 88.7 Å². The lowest BCUT2D eigenvalue weighted by Gasteiger charge is -2.26. The Bertz CT molecular complexity index is 1440. The Labute approximate surface area is 183 Å². The number of likely N-dealkylation sites (N-methyl/N-ethyl adjacent to an activating group) is 1. The molecule has 1 amide bonds. The minimum absolute atomic E-state index is 0.0301. The molecule has 1 aromatic heterocycles. The number of rotatable bonds is 4. The average molecular weight is 425 g/mol. The van der Waals surface area contributed by atoms with Gasteiger partial charge in [0.15, 0.2) is 12.4 Å². The number of carbonyl (C=O) groups excluding carboxylic acids is 2. The second-order valence-corrected chi connectivity index (χ2v) is 7.62. The fourth-order valence-corrected chi connectivity index (χ4v) is 3.74. The maximum absolute atomic E-state index is 12.9. The van der Waals surface area contributed by atoms with E-state index < -0.39 is 0 Å². The molecule has 0 radical (unpaired) electrons. The number of hydrogen-bond acceptors (Lipinski definition) is 5. The number of benzene rings is 3. The van der Waals surface area contributed by atoms with Gasteiger partial charge in [-0.25, -0.2) is 4.68 Å². The molecule has 32 heavy (non-hydrogen) atoms. The van der Waals surface area contributed by atoms with E-state index in [-0.39, 0.29) is 30.4 Å². The van der Waals surface area contributed by atoms with Crippen molar-refractivity contribution in [1.29, 1.82) is 0 Å².